The van der Waals surface area contributed by atoms with Crippen molar-refractivity contribution in [2.45, 2.75) is 57.5 Å². The summed E-state index contributed by atoms with van der Waals surface area (Å²) in [5.74, 6) is 2.86. The molecule has 0 saturated carbocycles. The van der Waals surface area contributed by atoms with Gasteiger partial charge in [-0.05, 0) is 57.0 Å². The maximum absolute atomic E-state index is 6.44. The normalized spacial score (nSPS) is 27.9. The van der Waals surface area contributed by atoms with Crippen LogP contribution < -0.4 is 5.73 Å². The Bertz CT molecular complexity index is 273. The van der Waals surface area contributed by atoms with Gasteiger partial charge in [0.15, 0.2) is 6.29 Å². The average molecular weight is 303 g/mol. The fourth-order valence-electron chi connectivity index (χ4n) is 3.31. The minimum atomic E-state index is -0.275. The van der Waals surface area contributed by atoms with E-state index in [1.54, 1.807) is 0 Å². The maximum Gasteiger partial charge on any atom is 0.172 e. The van der Waals surface area contributed by atoms with Crippen molar-refractivity contribution in [3.05, 3.63) is 0 Å². The van der Waals surface area contributed by atoms with E-state index in [9.17, 15) is 0 Å². The Kier molecular flexibility index (Phi) is 6.62. The van der Waals surface area contributed by atoms with E-state index in [1.165, 1.54) is 11.5 Å². The van der Waals surface area contributed by atoms with Gasteiger partial charge in [0, 0.05) is 19.8 Å². The molecule has 2 aliphatic heterocycles. The molecule has 2 fully saturated rings. The summed E-state index contributed by atoms with van der Waals surface area (Å²) in [7, 11) is 0. The van der Waals surface area contributed by atoms with Crippen molar-refractivity contribution in [3.63, 3.8) is 0 Å². The highest BCUT2D eigenvalue weighted by molar-refractivity contribution is 7.99. The molecule has 0 aromatic heterocycles. The lowest BCUT2D eigenvalue weighted by Gasteiger charge is -2.45. The van der Waals surface area contributed by atoms with Crippen molar-refractivity contribution in [1.29, 1.82) is 0 Å². The molecule has 2 N–H and O–H groups in total. The molecular weight excluding hydrogens is 274 g/mol. The second-order valence-corrected chi connectivity index (χ2v) is 6.98. The third kappa shape index (κ3) is 4.10. The molecule has 0 aromatic carbocycles. The number of hydrogen-bond acceptors (Lipinski definition) is 5. The summed E-state index contributed by atoms with van der Waals surface area (Å²) >= 11 is 2.03. The van der Waals surface area contributed by atoms with Crippen LogP contribution in [-0.4, -0.2) is 49.3 Å². The van der Waals surface area contributed by atoms with Gasteiger partial charge in [-0.1, -0.05) is 0 Å². The van der Waals surface area contributed by atoms with Crippen LogP contribution in [0, 0.1) is 5.92 Å². The van der Waals surface area contributed by atoms with E-state index < -0.39 is 0 Å². The van der Waals surface area contributed by atoms with Crippen molar-refractivity contribution in [2.75, 3.05) is 31.3 Å². The lowest BCUT2D eigenvalue weighted by molar-refractivity contribution is -0.173. The molecule has 0 amide bonds. The zero-order valence-corrected chi connectivity index (χ0v) is 13.6. The minimum absolute atomic E-state index is 0.0507. The first kappa shape index (κ1) is 16.6. The molecule has 0 radical (unpaired) electrons. The number of nitrogens with two attached hydrogens (primary N) is 1. The summed E-state index contributed by atoms with van der Waals surface area (Å²) in [6.07, 6.45) is 4.13. The first-order valence-electron chi connectivity index (χ1n) is 7.91. The smallest absolute Gasteiger partial charge is 0.172 e. The van der Waals surface area contributed by atoms with Crippen LogP contribution in [-0.2, 0) is 14.2 Å². The number of ether oxygens (including phenoxy) is 3. The Morgan fingerprint density at radius 3 is 2.50 bits per heavy atom. The maximum atomic E-state index is 6.44. The van der Waals surface area contributed by atoms with E-state index in [2.05, 4.69) is 0 Å². The topological polar surface area (TPSA) is 53.7 Å². The summed E-state index contributed by atoms with van der Waals surface area (Å²) in [6, 6.07) is -0.0507. The van der Waals surface area contributed by atoms with Crippen LogP contribution in [0.1, 0.15) is 39.5 Å². The predicted molar refractivity (Wildman–Crippen MR) is 83.0 cm³/mol. The van der Waals surface area contributed by atoms with Crippen molar-refractivity contribution < 1.29 is 14.2 Å². The van der Waals surface area contributed by atoms with Crippen LogP contribution in [0.25, 0.3) is 0 Å². The van der Waals surface area contributed by atoms with E-state index in [0.717, 1.165) is 32.3 Å². The van der Waals surface area contributed by atoms with Crippen LogP contribution in [0.5, 0.6) is 0 Å². The quantitative estimate of drug-likeness (QED) is 0.764. The van der Waals surface area contributed by atoms with Gasteiger partial charge >= 0.3 is 0 Å². The third-order valence-electron chi connectivity index (χ3n) is 4.46. The summed E-state index contributed by atoms with van der Waals surface area (Å²) in [5, 5.41) is 0. The van der Waals surface area contributed by atoms with Gasteiger partial charge in [0.1, 0.15) is 0 Å². The standard InChI is InChI=1S/C15H29NO3S/c1-3-17-14(18-4-2)13(16)12-5-8-19-15(11-12)6-9-20-10-7-15/h12-14H,3-11,16H2,1-2H3. The Balaban J connectivity index is 1.95. The minimum Gasteiger partial charge on any atom is -0.375 e. The fraction of sp³-hybridized carbons (Fsp3) is 1.00. The zero-order chi connectivity index (χ0) is 14.4. The summed E-state index contributed by atoms with van der Waals surface area (Å²) in [4.78, 5) is 0. The van der Waals surface area contributed by atoms with E-state index >= 15 is 0 Å². The van der Waals surface area contributed by atoms with Crippen LogP contribution in [0.2, 0.25) is 0 Å². The molecule has 5 heteroatoms. The first-order valence-corrected chi connectivity index (χ1v) is 9.06. The molecular formula is C15H29NO3S. The molecule has 0 bridgehead atoms. The largest absolute Gasteiger partial charge is 0.375 e. The molecule has 0 aliphatic carbocycles. The molecule has 1 spiro atoms. The Hall–Kier alpha value is 0.190. The van der Waals surface area contributed by atoms with Crippen molar-refractivity contribution in [2.24, 2.45) is 11.7 Å². The summed E-state index contributed by atoms with van der Waals surface area (Å²) in [5.41, 5.74) is 6.52. The van der Waals surface area contributed by atoms with E-state index in [4.69, 9.17) is 19.9 Å². The van der Waals surface area contributed by atoms with Gasteiger partial charge in [-0.25, -0.2) is 0 Å². The number of rotatable bonds is 6. The van der Waals surface area contributed by atoms with E-state index in [-0.39, 0.29) is 17.9 Å². The lowest BCUT2D eigenvalue weighted by atomic mass is 9.78. The van der Waals surface area contributed by atoms with E-state index in [0.29, 0.717) is 19.1 Å². The highest BCUT2D eigenvalue weighted by Gasteiger charge is 2.42. The van der Waals surface area contributed by atoms with Gasteiger partial charge < -0.3 is 19.9 Å². The Labute approximate surface area is 127 Å². The second-order valence-electron chi connectivity index (χ2n) is 5.75. The van der Waals surface area contributed by atoms with Crippen molar-refractivity contribution >= 4 is 11.8 Å². The monoisotopic (exact) mass is 303 g/mol. The highest BCUT2D eigenvalue weighted by Crippen LogP contribution is 2.40. The van der Waals surface area contributed by atoms with Crippen LogP contribution in [0.4, 0.5) is 0 Å². The first-order chi connectivity index (χ1) is 9.71. The molecule has 2 aliphatic rings. The third-order valence-corrected chi connectivity index (χ3v) is 5.44. The summed E-state index contributed by atoms with van der Waals surface area (Å²) in [6.45, 7) is 6.09. The van der Waals surface area contributed by atoms with Gasteiger partial charge in [-0.3, -0.25) is 0 Å². The Morgan fingerprint density at radius 1 is 1.25 bits per heavy atom. The zero-order valence-electron chi connectivity index (χ0n) is 12.8. The molecule has 2 saturated heterocycles. The highest BCUT2D eigenvalue weighted by atomic mass is 32.2. The number of hydrogen-bond donors (Lipinski definition) is 1. The molecule has 4 nitrogen and oxygen atoms in total. The predicted octanol–water partition coefficient (Wildman–Crippen LogP) is 2.41. The van der Waals surface area contributed by atoms with Crippen LogP contribution in [0.15, 0.2) is 0 Å². The number of thioether (sulfide) groups is 1. The van der Waals surface area contributed by atoms with Crippen molar-refractivity contribution in [1.82, 2.24) is 0 Å². The SMILES string of the molecule is CCOC(OCC)C(N)C1CCOC2(CCSCC2)C1. The van der Waals surface area contributed by atoms with Crippen LogP contribution >= 0.6 is 11.8 Å². The Morgan fingerprint density at radius 2 is 1.90 bits per heavy atom. The van der Waals surface area contributed by atoms with Gasteiger partial charge in [-0.2, -0.15) is 11.8 Å². The second kappa shape index (κ2) is 7.99. The van der Waals surface area contributed by atoms with Crippen LogP contribution in [0.3, 0.4) is 0 Å². The molecule has 2 unspecified atom stereocenters. The lowest BCUT2D eigenvalue weighted by Crippen LogP contribution is -2.51. The van der Waals surface area contributed by atoms with Gasteiger partial charge in [-0.15, -0.1) is 0 Å². The van der Waals surface area contributed by atoms with Gasteiger partial charge in [0.2, 0.25) is 0 Å². The molecule has 2 heterocycles. The fourth-order valence-corrected chi connectivity index (χ4v) is 4.54. The molecule has 0 aromatic rings. The summed E-state index contributed by atoms with van der Waals surface area (Å²) < 4.78 is 17.5. The molecule has 2 rings (SSSR count). The average Bonchev–Trinajstić information content (AvgIpc) is 2.47. The van der Waals surface area contributed by atoms with Crippen molar-refractivity contribution in [3.8, 4) is 0 Å². The van der Waals surface area contributed by atoms with E-state index in [1.807, 2.05) is 25.6 Å². The molecule has 118 valence electrons. The molecule has 20 heavy (non-hydrogen) atoms. The van der Waals surface area contributed by atoms with Gasteiger partial charge in [0.25, 0.3) is 0 Å². The molecule has 2 atom stereocenters. The van der Waals surface area contributed by atoms with Gasteiger partial charge in [0.05, 0.1) is 11.6 Å².